The van der Waals surface area contributed by atoms with Crippen LogP contribution in [-0.4, -0.2) is 54.5 Å². The van der Waals surface area contributed by atoms with Crippen LogP contribution in [0.25, 0.3) is 5.57 Å². The highest BCUT2D eigenvalue weighted by Crippen LogP contribution is 2.37. The molecule has 0 spiro atoms. The first-order valence-corrected chi connectivity index (χ1v) is 12.5. The van der Waals surface area contributed by atoms with Crippen molar-refractivity contribution in [2.45, 2.75) is 19.4 Å². The smallest absolute Gasteiger partial charge is 0.255 e. The third kappa shape index (κ3) is 4.31. The first-order valence-electron chi connectivity index (χ1n) is 12.5. The summed E-state index contributed by atoms with van der Waals surface area (Å²) < 4.78 is 0. The van der Waals surface area contributed by atoms with Gasteiger partial charge in [-0.05, 0) is 60.9 Å². The summed E-state index contributed by atoms with van der Waals surface area (Å²) in [4.78, 5) is 36.7. The summed E-state index contributed by atoms with van der Waals surface area (Å²) in [5, 5.41) is 12.7. The fraction of sp³-hybridized carbons (Fsp3) is 0.286. The van der Waals surface area contributed by atoms with Gasteiger partial charge in [-0.15, -0.1) is 0 Å². The molecule has 37 heavy (non-hydrogen) atoms. The zero-order chi connectivity index (χ0) is 25.6. The van der Waals surface area contributed by atoms with E-state index in [9.17, 15) is 9.59 Å². The van der Waals surface area contributed by atoms with Crippen molar-refractivity contribution in [2.24, 2.45) is 0 Å². The minimum Gasteiger partial charge on any atom is -0.366 e. The van der Waals surface area contributed by atoms with Gasteiger partial charge < -0.3 is 26.2 Å². The van der Waals surface area contributed by atoms with Crippen molar-refractivity contribution in [1.82, 2.24) is 20.6 Å². The van der Waals surface area contributed by atoms with E-state index in [0.29, 0.717) is 23.4 Å². The van der Waals surface area contributed by atoms with Gasteiger partial charge in [0, 0.05) is 55.6 Å². The standard InChI is InChI=1S/C28H29N7O2/c1-28(2)23-13-17(3-4-21(23)27(37)34-28)20-6-8-31-25-22(20)15-19(16-32-25)33-26(36)18-5-7-30-24(14-18)35-11-9-29-10-12-35/h3-7,13-16,29H,8-12H2,1-2H3,(H,31,32)(H,33,36)(H,34,37). The molecule has 6 rings (SSSR count). The number of fused-ring (bicyclic) bond motifs is 2. The molecule has 0 saturated carbocycles. The zero-order valence-corrected chi connectivity index (χ0v) is 20.9. The molecule has 3 aliphatic heterocycles. The Bertz CT molecular complexity index is 1440. The maximum absolute atomic E-state index is 13.1. The Kier molecular flexibility index (Phi) is 5.64. The molecule has 0 radical (unpaired) electrons. The van der Waals surface area contributed by atoms with Crippen LogP contribution >= 0.6 is 0 Å². The summed E-state index contributed by atoms with van der Waals surface area (Å²) in [7, 11) is 0. The van der Waals surface area contributed by atoms with Gasteiger partial charge in [-0.2, -0.15) is 0 Å². The molecule has 9 nitrogen and oxygen atoms in total. The second-order valence-electron chi connectivity index (χ2n) is 10.1. The van der Waals surface area contributed by atoms with E-state index in [-0.39, 0.29) is 11.8 Å². The Labute approximate surface area is 215 Å². The van der Waals surface area contributed by atoms with Crippen LogP contribution < -0.4 is 26.2 Å². The molecule has 188 valence electrons. The third-order valence-electron chi connectivity index (χ3n) is 7.13. The Morgan fingerprint density at radius 1 is 1.05 bits per heavy atom. The number of carbonyl (C=O) groups is 2. The molecule has 0 bridgehead atoms. The lowest BCUT2D eigenvalue weighted by atomic mass is 9.88. The first kappa shape index (κ1) is 23.2. The fourth-order valence-corrected chi connectivity index (χ4v) is 5.19. The molecule has 0 aliphatic carbocycles. The lowest BCUT2D eigenvalue weighted by molar-refractivity contribution is 0.0939. The largest absolute Gasteiger partial charge is 0.366 e. The number of hydrogen-bond donors (Lipinski definition) is 4. The molecule has 3 aliphatic rings. The Hall–Kier alpha value is -4.24. The number of aromatic nitrogens is 2. The van der Waals surface area contributed by atoms with Gasteiger partial charge in [0.25, 0.3) is 11.8 Å². The van der Waals surface area contributed by atoms with Gasteiger partial charge >= 0.3 is 0 Å². The molecule has 0 unspecified atom stereocenters. The summed E-state index contributed by atoms with van der Waals surface area (Å²) in [5.41, 5.74) is 5.33. The van der Waals surface area contributed by atoms with Gasteiger partial charge in [0.15, 0.2) is 0 Å². The number of nitrogens with one attached hydrogen (secondary N) is 4. The van der Waals surface area contributed by atoms with Crippen molar-refractivity contribution in [3.05, 3.63) is 82.7 Å². The van der Waals surface area contributed by atoms with Crippen molar-refractivity contribution in [3.8, 4) is 0 Å². The number of nitrogens with zero attached hydrogens (tertiary/aromatic N) is 3. The first-order chi connectivity index (χ1) is 17.9. The summed E-state index contributed by atoms with van der Waals surface area (Å²) in [5.74, 6) is 1.31. The number of piperazine rings is 1. The van der Waals surface area contributed by atoms with Crippen LogP contribution in [-0.2, 0) is 5.54 Å². The van der Waals surface area contributed by atoms with E-state index in [4.69, 9.17) is 0 Å². The number of amides is 2. The fourth-order valence-electron chi connectivity index (χ4n) is 5.19. The number of carbonyl (C=O) groups excluding carboxylic acids is 2. The predicted octanol–water partition coefficient (Wildman–Crippen LogP) is 2.97. The van der Waals surface area contributed by atoms with Crippen molar-refractivity contribution in [2.75, 3.05) is 48.3 Å². The quantitative estimate of drug-likeness (QED) is 0.440. The Morgan fingerprint density at radius 2 is 1.89 bits per heavy atom. The van der Waals surface area contributed by atoms with E-state index >= 15 is 0 Å². The van der Waals surface area contributed by atoms with Crippen LogP contribution in [0, 0.1) is 0 Å². The lowest BCUT2D eigenvalue weighted by Gasteiger charge is -2.28. The van der Waals surface area contributed by atoms with Gasteiger partial charge in [-0.25, -0.2) is 9.97 Å². The molecule has 2 aromatic heterocycles. The van der Waals surface area contributed by atoms with E-state index in [2.05, 4.69) is 48.3 Å². The molecule has 5 heterocycles. The Morgan fingerprint density at radius 3 is 2.73 bits per heavy atom. The molecule has 2 amide bonds. The van der Waals surface area contributed by atoms with Crippen molar-refractivity contribution in [3.63, 3.8) is 0 Å². The minimum atomic E-state index is -0.430. The van der Waals surface area contributed by atoms with E-state index in [0.717, 1.165) is 60.1 Å². The van der Waals surface area contributed by atoms with Crippen LogP contribution in [0.3, 0.4) is 0 Å². The van der Waals surface area contributed by atoms with Crippen LogP contribution in [0.15, 0.2) is 54.9 Å². The molecule has 3 aromatic rings. The third-order valence-corrected chi connectivity index (χ3v) is 7.13. The molecule has 1 aromatic carbocycles. The van der Waals surface area contributed by atoms with Crippen molar-refractivity contribution >= 4 is 34.7 Å². The average molecular weight is 496 g/mol. The van der Waals surface area contributed by atoms with Crippen LogP contribution in [0.4, 0.5) is 17.3 Å². The van der Waals surface area contributed by atoms with Crippen molar-refractivity contribution in [1.29, 1.82) is 0 Å². The zero-order valence-electron chi connectivity index (χ0n) is 20.9. The summed E-state index contributed by atoms with van der Waals surface area (Å²) in [6.45, 7) is 8.18. The van der Waals surface area contributed by atoms with Gasteiger partial charge in [-0.1, -0.05) is 12.1 Å². The summed E-state index contributed by atoms with van der Waals surface area (Å²) in [6, 6.07) is 11.4. The predicted molar refractivity (Wildman–Crippen MR) is 144 cm³/mol. The minimum absolute atomic E-state index is 0.0471. The van der Waals surface area contributed by atoms with E-state index in [1.54, 1.807) is 18.5 Å². The molecule has 0 atom stereocenters. The maximum atomic E-state index is 13.1. The van der Waals surface area contributed by atoms with Crippen molar-refractivity contribution < 1.29 is 9.59 Å². The molecular weight excluding hydrogens is 466 g/mol. The van der Waals surface area contributed by atoms with Crippen LogP contribution in [0.1, 0.15) is 51.3 Å². The Balaban J connectivity index is 1.27. The highest BCUT2D eigenvalue weighted by molar-refractivity contribution is 6.05. The number of anilines is 3. The van der Waals surface area contributed by atoms with Crippen LogP contribution in [0.2, 0.25) is 0 Å². The molecule has 1 fully saturated rings. The number of pyridine rings is 2. The lowest BCUT2D eigenvalue weighted by Crippen LogP contribution is -2.43. The average Bonchev–Trinajstić information content (AvgIpc) is 3.16. The highest BCUT2D eigenvalue weighted by Gasteiger charge is 2.35. The molecule has 9 heteroatoms. The van der Waals surface area contributed by atoms with Gasteiger partial charge in [-0.3, -0.25) is 9.59 Å². The molecule has 1 saturated heterocycles. The second-order valence-corrected chi connectivity index (χ2v) is 10.1. The van der Waals surface area contributed by atoms with Gasteiger partial charge in [0.2, 0.25) is 0 Å². The summed E-state index contributed by atoms with van der Waals surface area (Å²) in [6.07, 6.45) is 5.45. The maximum Gasteiger partial charge on any atom is 0.255 e. The SMILES string of the molecule is CC1(C)NC(=O)c2ccc(C3=CCNc4ncc(NC(=O)c5ccnc(N6CCNCC6)c5)cc43)cc21. The summed E-state index contributed by atoms with van der Waals surface area (Å²) >= 11 is 0. The van der Waals surface area contributed by atoms with E-state index in [1.165, 1.54) is 0 Å². The van der Waals surface area contributed by atoms with Gasteiger partial charge in [0.05, 0.1) is 17.4 Å². The highest BCUT2D eigenvalue weighted by atomic mass is 16.2. The number of hydrogen-bond acceptors (Lipinski definition) is 7. The number of benzene rings is 1. The second kappa shape index (κ2) is 9.01. The topological polar surface area (TPSA) is 111 Å². The molecule has 4 N–H and O–H groups in total. The molecular formula is C28H29N7O2. The normalized spacial score (nSPS) is 17.7. The van der Waals surface area contributed by atoms with Crippen LogP contribution in [0.5, 0.6) is 0 Å². The van der Waals surface area contributed by atoms with Gasteiger partial charge in [0.1, 0.15) is 11.6 Å². The van der Waals surface area contributed by atoms with E-state index < -0.39 is 5.54 Å². The number of rotatable bonds is 4. The monoisotopic (exact) mass is 495 g/mol. The van der Waals surface area contributed by atoms with E-state index in [1.807, 2.05) is 38.1 Å².